The van der Waals surface area contributed by atoms with E-state index in [1.54, 1.807) is 36.1 Å². The second kappa shape index (κ2) is 8.71. The second-order valence-corrected chi connectivity index (χ2v) is 8.02. The maximum absolute atomic E-state index is 12.7. The molecule has 7 nitrogen and oxygen atoms in total. The highest BCUT2D eigenvalue weighted by molar-refractivity contribution is 6.34. The zero-order valence-corrected chi connectivity index (χ0v) is 18.3. The molecule has 162 valence electrons. The van der Waals surface area contributed by atoms with E-state index < -0.39 is 23.9 Å². The number of carbonyl (C=O) groups is 4. The van der Waals surface area contributed by atoms with Crippen molar-refractivity contribution in [2.24, 2.45) is 0 Å². The van der Waals surface area contributed by atoms with Crippen LogP contribution in [0, 0.1) is 0 Å². The van der Waals surface area contributed by atoms with E-state index in [2.05, 4.69) is 0 Å². The van der Waals surface area contributed by atoms with Gasteiger partial charge in [-0.3, -0.25) is 14.4 Å². The number of benzene rings is 2. The van der Waals surface area contributed by atoms with Crippen molar-refractivity contribution in [2.45, 2.75) is 52.8 Å². The number of anilines is 1. The Morgan fingerprint density at radius 3 is 1.74 bits per heavy atom. The van der Waals surface area contributed by atoms with Crippen LogP contribution in [0.25, 0.3) is 0 Å². The summed E-state index contributed by atoms with van der Waals surface area (Å²) in [6.07, 6.45) is -0.937. The standard InChI is InChI=1S/C24H26N2O5/c1-14(2)25(15(3)4)21(27)16(5)31-24(30)17-10-12-18(13-11-17)26-22(28)19-8-6-7-9-20(19)23(26)29/h6-16H,1-5H3/t16-/m1/s1. The molecule has 2 aromatic carbocycles. The van der Waals surface area contributed by atoms with Crippen molar-refractivity contribution in [3.05, 3.63) is 65.2 Å². The maximum Gasteiger partial charge on any atom is 0.338 e. The fourth-order valence-electron chi connectivity index (χ4n) is 3.76. The smallest absolute Gasteiger partial charge is 0.338 e. The van der Waals surface area contributed by atoms with E-state index in [-0.39, 0.29) is 23.6 Å². The van der Waals surface area contributed by atoms with Crippen LogP contribution in [0.4, 0.5) is 5.69 Å². The molecule has 0 bridgehead atoms. The highest BCUT2D eigenvalue weighted by atomic mass is 16.5. The Morgan fingerprint density at radius 2 is 1.29 bits per heavy atom. The number of amides is 3. The summed E-state index contributed by atoms with van der Waals surface area (Å²) in [6.45, 7) is 9.18. The highest BCUT2D eigenvalue weighted by Crippen LogP contribution is 2.28. The number of hydrogen-bond donors (Lipinski definition) is 0. The molecule has 0 fully saturated rings. The minimum Gasteiger partial charge on any atom is -0.449 e. The van der Waals surface area contributed by atoms with Crippen LogP contribution in [0.5, 0.6) is 0 Å². The average molecular weight is 422 g/mol. The lowest BCUT2D eigenvalue weighted by atomic mass is 10.1. The fraction of sp³-hybridized carbons (Fsp3) is 0.333. The molecular formula is C24H26N2O5. The quantitative estimate of drug-likeness (QED) is 0.524. The van der Waals surface area contributed by atoms with Crippen LogP contribution >= 0.6 is 0 Å². The van der Waals surface area contributed by atoms with Crippen molar-refractivity contribution < 1.29 is 23.9 Å². The number of fused-ring (bicyclic) bond motifs is 1. The van der Waals surface area contributed by atoms with Gasteiger partial charge in [-0.05, 0) is 71.0 Å². The molecular weight excluding hydrogens is 396 g/mol. The van der Waals surface area contributed by atoms with Gasteiger partial charge in [-0.15, -0.1) is 0 Å². The summed E-state index contributed by atoms with van der Waals surface area (Å²) in [4.78, 5) is 53.1. The predicted molar refractivity (Wildman–Crippen MR) is 116 cm³/mol. The first-order valence-corrected chi connectivity index (χ1v) is 10.2. The van der Waals surface area contributed by atoms with Crippen LogP contribution in [0.2, 0.25) is 0 Å². The van der Waals surface area contributed by atoms with Crippen molar-refractivity contribution in [3.8, 4) is 0 Å². The topological polar surface area (TPSA) is 84.0 Å². The molecule has 3 rings (SSSR count). The van der Waals surface area contributed by atoms with Crippen LogP contribution in [0.1, 0.15) is 65.7 Å². The number of esters is 1. The largest absolute Gasteiger partial charge is 0.449 e. The number of ether oxygens (including phenoxy) is 1. The van der Waals surface area contributed by atoms with E-state index in [4.69, 9.17) is 4.74 Å². The third-order valence-electron chi connectivity index (χ3n) is 5.15. The lowest BCUT2D eigenvalue weighted by Gasteiger charge is -2.32. The molecule has 1 aliphatic heterocycles. The van der Waals surface area contributed by atoms with Crippen LogP contribution in [0.15, 0.2) is 48.5 Å². The van der Waals surface area contributed by atoms with Gasteiger partial charge in [0.1, 0.15) is 0 Å². The number of imide groups is 1. The van der Waals surface area contributed by atoms with Crippen LogP contribution in [0.3, 0.4) is 0 Å². The number of rotatable bonds is 6. The molecule has 0 radical (unpaired) electrons. The van der Waals surface area contributed by atoms with Crippen LogP contribution < -0.4 is 4.90 Å². The lowest BCUT2D eigenvalue weighted by Crippen LogP contribution is -2.47. The molecule has 31 heavy (non-hydrogen) atoms. The summed E-state index contributed by atoms with van der Waals surface area (Å²) >= 11 is 0. The van der Waals surface area contributed by atoms with E-state index in [1.807, 2.05) is 27.7 Å². The Labute approximate surface area is 181 Å². The zero-order chi connectivity index (χ0) is 22.9. The third-order valence-corrected chi connectivity index (χ3v) is 5.15. The summed E-state index contributed by atoms with van der Waals surface area (Å²) in [5, 5.41) is 0. The van der Waals surface area contributed by atoms with E-state index in [0.29, 0.717) is 16.8 Å². The Morgan fingerprint density at radius 1 is 0.806 bits per heavy atom. The number of hydrogen-bond acceptors (Lipinski definition) is 5. The van der Waals surface area contributed by atoms with Gasteiger partial charge in [0, 0.05) is 12.1 Å². The van der Waals surface area contributed by atoms with Crippen molar-refractivity contribution in [1.29, 1.82) is 0 Å². The van der Waals surface area contributed by atoms with Gasteiger partial charge in [0.25, 0.3) is 17.7 Å². The van der Waals surface area contributed by atoms with Crippen molar-refractivity contribution in [1.82, 2.24) is 4.90 Å². The van der Waals surface area contributed by atoms with Crippen molar-refractivity contribution >= 4 is 29.4 Å². The van der Waals surface area contributed by atoms with Gasteiger partial charge in [-0.2, -0.15) is 0 Å². The zero-order valence-electron chi connectivity index (χ0n) is 18.3. The van der Waals surface area contributed by atoms with E-state index in [0.717, 1.165) is 4.90 Å². The molecule has 1 aliphatic rings. The molecule has 0 N–H and O–H groups in total. The van der Waals surface area contributed by atoms with Gasteiger partial charge in [0.2, 0.25) is 0 Å². The highest BCUT2D eigenvalue weighted by Gasteiger charge is 2.36. The normalized spacial score (nSPS) is 14.1. The molecule has 0 aromatic heterocycles. The second-order valence-electron chi connectivity index (χ2n) is 8.02. The fourth-order valence-corrected chi connectivity index (χ4v) is 3.76. The molecule has 0 unspecified atom stereocenters. The van der Waals surface area contributed by atoms with Crippen molar-refractivity contribution in [3.63, 3.8) is 0 Å². The van der Waals surface area contributed by atoms with Gasteiger partial charge in [-0.25, -0.2) is 9.69 Å². The molecule has 2 aromatic rings. The predicted octanol–water partition coefficient (Wildman–Crippen LogP) is 3.68. The summed E-state index contributed by atoms with van der Waals surface area (Å²) in [6, 6.07) is 12.6. The van der Waals surface area contributed by atoms with Gasteiger partial charge < -0.3 is 9.64 Å². The van der Waals surface area contributed by atoms with Gasteiger partial charge in [0.15, 0.2) is 6.10 Å². The average Bonchev–Trinajstić information content (AvgIpc) is 2.98. The monoisotopic (exact) mass is 422 g/mol. The Bertz CT molecular complexity index is 984. The summed E-state index contributed by atoms with van der Waals surface area (Å²) in [7, 11) is 0. The van der Waals surface area contributed by atoms with E-state index >= 15 is 0 Å². The minimum atomic E-state index is -0.937. The first-order chi connectivity index (χ1) is 14.6. The SMILES string of the molecule is CC(C)N(C(=O)[C@@H](C)OC(=O)c1ccc(N2C(=O)c3ccccc3C2=O)cc1)C(C)C. The summed E-state index contributed by atoms with van der Waals surface area (Å²) < 4.78 is 5.36. The van der Waals surface area contributed by atoms with E-state index in [9.17, 15) is 19.2 Å². The number of nitrogens with zero attached hydrogens (tertiary/aromatic N) is 2. The Balaban J connectivity index is 1.72. The van der Waals surface area contributed by atoms with Crippen LogP contribution in [-0.2, 0) is 9.53 Å². The molecule has 1 atom stereocenters. The van der Waals surface area contributed by atoms with Gasteiger partial charge in [-0.1, -0.05) is 12.1 Å². The van der Waals surface area contributed by atoms with Crippen LogP contribution in [-0.4, -0.2) is 46.8 Å². The van der Waals surface area contributed by atoms with Crippen molar-refractivity contribution in [2.75, 3.05) is 4.90 Å². The first kappa shape index (κ1) is 22.2. The summed E-state index contributed by atoms with van der Waals surface area (Å²) in [5.74, 6) is -1.72. The molecule has 7 heteroatoms. The van der Waals surface area contributed by atoms with Gasteiger partial charge in [0.05, 0.1) is 22.4 Å². The number of carbonyl (C=O) groups excluding carboxylic acids is 4. The molecule has 1 heterocycles. The third kappa shape index (κ3) is 4.21. The lowest BCUT2D eigenvalue weighted by molar-refractivity contribution is -0.143. The van der Waals surface area contributed by atoms with Gasteiger partial charge >= 0.3 is 5.97 Å². The molecule has 0 saturated carbocycles. The molecule has 0 spiro atoms. The molecule has 3 amide bonds. The van der Waals surface area contributed by atoms with E-state index in [1.165, 1.54) is 24.3 Å². The molecule has 0 aliphatic carbocycles. The first-order valence-electron chi connectivity index (χ1n) is 10.2. The maximum atomic E-state index is 12.7. The molecule has 0 saturated heterocycles. The summed E-state index contributed by atoms with van der Waals surface area (Å²) in [5.41, 5.74) is 1.28. The minimum absolute atomic E-state index is 0.0207. The Hall–Kier alpha value is -3.48. The Kier molecular flexibility index (Phi) is 6.24.